The first kappa shape index (κ1) is 15.0. The summed E-state index contributed by atoms with van der Waals surface area (Å²) in [6, 6.07) is 7.95. The number of hydrogen-bond acceptors (Lipinski definition) is 2. The fraction of sp³-hybridized carbons (Fsp3) is 0.211. The number of allylic oxidation sites excluding steroid dienone is 3. The van der Waals surface area contributed by atoms with E-state index in [0.29, 0.717) is 13.0 Å². The maximum absolute atomic E-state index is 12.3. The van der Waals surface area contributed by atoms with Gasteiger partial charge in [0.05, 0.1) is 6.61 Å². The van der Waals surface area contributed by atoms with E-state index in [1.165, 1.54) is 0 Å². The molecule has 2 nitrogen and oxygen atoms in total. The number of esters is 1. The van der Waals surface area contributed by atoms with E-state index < -0.39 is 5.41 Å². The van der Waals surface area contributed by atoms with Gasteiger partial charge < -0.3 is 4.74 Å². The van der Waals surface area contributed by atoms with Gasteiger partial charge in [0.25, 0.3) is 0 Å². The average molecular weight is 280 g/mol. The quantitative estimate of drug-likeness (QED) is 0.747. The molecule has 2 rings (SSSR count). The smallest absolute Gasteiger partial charge is 0.320 e. The van der Waals surface area contributed by atoms with Gasteiger partial charge in [0, 0.05) is 0 Å². The normalized spacial score (nSPS) is 20.6. The lowest BCUT2D eigenvalue weighted by molar-refractivity contribution is -0.149. The summed E-state index contributed by atoms with van der Waals surface area (Å²) in [4.78, 5) is 12.3. The third kappa shape index (κ3) is 3.40. The average Bonchev–Trinajstić information content (AvgIpc) is 2.54. The van der Waals surface area contributed by atoms with Crippen LogP contribution < -0.4 is 0 Å². The monoisotopic (exact) mass is 280 g/mol. The van der Waals surface area contributed by atoms with E-state index in [1.807, 2.05) is 73.7 Å². The molecule has 1 aromatic carbocycles. The molecule has 0 saturated carbocycles. The van der Waals surface area contributed by atoms with E-state index >= 15 is 0 Å². The minimum absolute atomic E-state index is 0.210. The molecule has 0 amide bonds. The van der Waals surface area contributed by atoms with Gasteiger partial charge in [-0.05, 0) is 24.5 Å². The molecule has 0 aliphatic heterocycles. The Balaban J connectivity index is 2.33. The molecule has 1 unspecified atom stereocenters. The minimum Gasteiger partial charge on any atom is -0.465 e. The van der Waals surface area contributed by atoms with Crippen molar-refractivity contribution < 1.29 is 9.53 Å². The second-order valence-corrected chi connectivity index (χ2v) is 4.92. The molecule has 2 heteroatoms. The molecule has 1 atom stereocenters. The Morgan fingerprint density at radius 2 is 2.10 bits per heavy atom. The third-order valence-electron chi connectivity index (χ3n) is 3.53. The highest BCUT2D eigenvalue weighted by Gasteiger charge is 2.34. The predicted molar refractivity (Wildman–Crippen MR) is 87.5 cm³/mol. The topological polar surface area (TPSA) is 26.3 Å². The zero-order valence-corrected chi connectivity index (χ0v) is 12.3. The van der Waals surface area contributed by atoms with Crippen molar-refractivity contribution in [3.05, 3.63) is 72.4 Å². The molecule has 0 aromatic heterocycles. The highest BCUT2D eigenvalue weighted by molar-refractivity contribution is 5.84. The summed E-state index contributed by atoms with van der Waals surface area (Å²) in [5, 5.41) is 0. The lowest BCUT2D eigenvalue weighted by Crippen LogP contribution is -2.29. The van der Waals surface area contributed by atoms with Gasteiger partial charge in [0.1, 0.15) is 5.41 Å². The lowest BCUT2D eigenvalue weighted by Gasteiger charge is -2.25. The minimum atomic E-state index is -0.709. The third-order valence-corrected chi connectivity index (χ3v) is 3.53. The highest BCUT2D eigenvalue weighted by atomic mass is 16.5. The van der Waals surface area contributed by atoms with Crippen LogP contribution in [0.2, 0.25) is 0 Å². The Labute approximate surface area is 126 Å². The Kier molecular flexibility index (Phi) is 4.94. The maximum atomic E-state index is 12.3. The van der Waals surface area contributed by atoms with Crippen LogP contribution >= 0.6 is 0 Å². The van der Waals surface area contributed by atoms with Crippen LogP contribution in [0.1, 0.15) is 24.5 Å². The van der Waals surface area contributed by atoms with E-state index in [0.717, 1.165) is 11.1 Å². The summed E-state index contributed by atoms with van der Waals surface area (Å²) in [6.07, 6.45) is 14.1. The summed E-state index contributed by atoms with van der Waals surface area (Å²) >= 11 is 0. The zero-order valence-electron chi connectivity index (χ0n) is 12.3. The fourth-order valence-corrected chi connectivity index (χ4v) is 2.33. The Morgan fingerprint density at radius 3 is 2.71 bits per heavy atom. The number of hydrogen-bond donors (Lipinski definition) is 0. The first-order chi connectivity index (χ1) is 10.2. The van der Waals surface area contributed by atoms with Crippen LogP contribution in [0, 0.1) is 5.41 Å². The first-order valence-electron chi connectivity index (χ1n) is 7.14. The van der Waals surface area contributed by atoms with Crippen LogP contribution in [0.25, 0.3) is 12.2 Å². The van der Waals surface area contributed by atoms with Gasteiger partial charge in [0.15, 0.2) is 0 Å². The summed E-state index contributed by atoms with van der Waals surface area (Å²) in [5.74, 6) is -0.210. The first-order valence-corrected chi connectivity index (χ1v) is 7.14. The predicted octanol–water partition coefficient (Wildman–Crippen LogP) is 4.41. The molecule has 0 radical (unpaired) electrons. The van der Waals surface area contributed by atoms with Gasteiger partial charge >= 0.3 is 5.97 Å². The molecular weight excluding hydrogens is 260 g/mol. The molecule has 0 bridgehead atoms. The second kappa shape index (κ2) is 6.89. The van der Waals surface area contributed by atoms with Gasteiger partial charge in [-0.1, -0.05) is 73.4 Å². The lowest BCUT2D eigenvalue weighted by atomic mass is 9.80. The van der Waals surface area contributed by atoms with Crippen LogP contribution in [0.5, 0.6) is 0 Å². The SMILES string of the molecule is C=Cc1ccccc1C=CC1(C(=O)OCC)C=CC=CC1. The second-order valence-electron chi connectivity index (χ2n) is 4.92. The van der Waals surface area contributed by atoms with Gasteiger partial charge in [-0.3, -0.25) is 4.79 Å². The zero-order chi connectivity index (χ0) is 15.1. The largest absolute Gasteiger partial charge is 0.465 e. The van der Waals surface area contributed by atoms with Crippen molar-refractivity contribution in [1.82, 2.24) is 0 Å². The molecule has 1 aromatic rings. The van der Waals surface area contributed by atoms with Crippen molar-refractivity contribution in [1.29, 1.82) is 0 Å². The molecule has 108 valence electrons. The molecule has 1 aliphatic rings. The Hall–Kier alpha value is -2.35. The van der Waals surface area contributed by atoms with Gasteiger partial charge in [-0.2, -0.15) is 0 Å². The number of ether oxygens (including phenoxy) is 1. The summed E-state index contributed by atoms with van der Waals surface area (Å²) in [7, 11) is 0. The van der Waals surface area contributed by atoms with Crippen LogP contribution in [0.3, 0.4) is 0 Å². The summed E-state index contributed by atoms with van der Waals surface area (Å²) in [5.41, 5.74) is 1.38. The fourth-order valence-electron chi connectivity index (χ4n) is 2.33. The van der Waals surface area contributed by atoms with E-state index in [1.54, 1.807) is 0 Å². The van der Waals surface area contributed by atoms with E-state index in [4.69, 9.17) is 4.74 Å². The van der Waals surface area contributed by atoms with E-state index in [9.17, 15) is 4.79 Å². The Morgan fingerprint density at radius 1 is 1.33 bits per heavy atom. The van der Waals surface area contributed by atoms with Gasteiger partial charge in [-0.25, -0.2) is 0 Å². The molecule has 0 heterocycles. The van der Waals surface area contributed by atoms with Crippen molar-refractivity contribution in [2.75, 3.05) is 6.61 Å². The molecule has 0 spiro atoms. The van der Waals surface area contributed by atoms with Crippen molar-refractivity contribution in [2.24, 2.45) is 5.41 Å². The van der Waals surface area contributed by atoms with Crippen LogP contribution in [0.15, 0.2) is 61.2 Å². The van der Waals surface area contributed by atoms with Crippen LogP contribution in [0.4, 0.5) is 0 Å². The molecule has 1 aliphatic carbocycles. The van der Waals surface area contributed by atoms with Gasteiger partial charge in [-0.15, -0.1) is 0 Å². The van der Waals surface area contributed by atoms with Gasteiger partial charge in [0.2, 0.25) is 0 Å². The molecule has 0 fully saturated rings. The molecule has 21 heavy (non-hydrogen) atoms. The standard InChI is InChI=1S/C19H20O2/c1-3-16-10-6-7-11-17(16)12-15-19(18(20)21-4-2)13-8-5-9-14-19/h3,5-13,15H,1,4,14H2,2H3. The van der Waals surface area contributed by atoms with Crippen LogP contribution in [-0.4, -0.2) is 12.6 Å². The number of benzene rings is 1. The van der Waals surface area contributed by atoms with Crippen molar-refractivity contribution in [3.63, 3.8) is 0 Å². The van der Waals surface area contributed by atoms with Crippen LogP contribution in [-0.2, 0) is 9.53 Å². The van der Waals surface area contributed by atoms with Crippen molar-refractivity contribution in [2.45, 2.75) is 13.3 Å². The number of rotatable bonds is 5. The van der Waals surface area contributed by atoms with E-state index in [-0.39, 0.29) is 5.97 Å². The van der Waals surface area contributed by atoms with Crippen molar-refractivity contribution >= 4 is 18.1 Å². The van der Waals surface area contributed by atoms with E-state index in [2.05, 4.69) is 6.58 Å². The molecular formula is C19H20O2. The number of carbonyl (C=O) groups excluding carboxylic acids is 1. The molecule has 0 N–H and O–H groups in total. The number of carbonyl (C=O) groups is 1. The highest BCUT2D eigenvalue weighted by Crippen LogP contribution is 2.32. The maximum Gasteiger partial charge on any atom is 0.320 e. The summed E-state index contributed by atoms with van der Waals surface area (Å²) < 4.78 is 5.23. The molecule has 0 saturated heterocycles. The Bertz CT molecular complexity index is 608. The van der Waals surface area contributed by atoms with Crippen molar-refractivity contribution in [3.8, 4) is 0 Å². The summed E-state index contributed by atoms with van der Waals surface area (Å²) in [6.45, 7) is 6.03.